The first kappa shape index (κ1) is 16.7. The van der Waals surface area contributed by atoms with E-state index in [1.165, 1.54) is 0 Å². The van der Waals surface area contributed by atoms with Crippen LogP contribution in [-0.4, -0.2) is 69.5 Å². The Morgan fingerprint density at radius 2 is 1.80 bits per heavy atom. The minimum absolute atomic E-state index is 0.190. The molecule has 1 fully saturated rings. The van der Waals surface area contributed by atoms with E-state index in [-0.39, 0.29) is 12.1 Å². The number of amides is 3. The number of nitrogens with one attached hydrogen (secondary N) is 1. The van der Waals surface area contributed by atoms with Crippen LogP contribution in [-0.2, 0) is 4.74 Å². The van der Waals surface area contributed by atoms with Crippen molar-refractivity contribution in [3.8, 4) is 5.69 Å². The molecule has 1 saturated heterocycles. The van der Waals surface area contributed by atoms with Gasteiger partial charge in [0.15, 0.2) is 0 Å². The molecule has 9 heteroatoms. The molecule has 2 heterocycles. The first-order valence-corrected chi connectivity index (χ1v) is 8.10. The highest BCUT2D eigenvalue weighted by molar-refractivity contribution is 5.89. The zero-order valence-electron chi connectivity index (χ0n) is 14.0. The number of nitrogens with zero attached hydrogens (tertiary/aromatic N) is 5. The van der Waals surface area contributed by atoms with Gasteiger partial charge in [0.1, 0.15) is 12.7 Å². The molecule has 3 amide bonds. The zero-order valence-corrected chi connectivity index (χ0v) is 14.0. The second kappa shape index (κ2) is 7.65. The number of hydrogen-bond donors (Lipinski definition) is 1. The fraction of sp³-hybridized carbons (Fsp3) is 0.375. The summed E-state index contributed by atoms with van der Waals surface area (Å²) in [4.78, 5) is 27.4. The monoisotopic (exact) mass is 344 g/mol. The molecule has 0 aliphatic carbocycles. The predicted molar refractivity (Wildman–Crippen MR) is 90.5 cm³/mol. The third-order valence-electron chi connectivity index (χ3n) is 3.91. The molecule has 1 aromatic carbocycles. The average molecular weight is 344 g/mol. The lowest BCUT2D eigenvalue weighted by atomic mass is 10.2. The number of piperazine rings is 1. The van der Waals surface area contributed by atoms with Crippen molar-refractivity contribution in [1.82, 2.24) is 24.6 Å². The lowest BCUT2D eigenvalue weighted by Crippen LogP contribution is -2.51. The topological polar surface area (TPSA) is 92.6 Å². The van der Waals surface area contributed by atoms with Crippen LogP contribution in [0.3, 0.4) is 0 Å². The van der Waals surface area contributed by atoms with E-state index in [2.05, 4.69) is 15.5 Å². The van der Waals surface area contributed by atoms with Gasteiger partial charge in [-0.1, -0.05) is 6.07 Å². The van der Waals surface area contributed by atoms with Crippen molar-refractivity contribution in [2.24, 2.45) is 0 Å². The number of aromatic nitrogens is 3. The van der Waals surface area contributed by atoms with E-state index in [0.717, 1.165) is 5.69 Å². The number of rotatable bonds is 3. The normalized spacial score (nSPS) is 14.3. The molecule has 0 spiro atoms. The highest BCUT2D eigenvalue weighted by Gasteiger charge is 2.24. The maximum atomic E-state index is 12.4. The van der Waals surface area contributed by atoms with Crippen LogP contribution in [0.15, 0.2) is 36.9 Å². The van der Waals surface area contributed by atoms with Gasteiger partial charge in [0.05, 0.1) is 12.3 Å². The fourth-order valence-corrected chi connectivity index (χ4v) is 2.59. The summed E-state index contributed by atoms with van der Waals surface area (Å²) in [5.74, 6) is 0. The van der Waals surface area contributed by atoms with Gasteiger partial charge >= 0.3 is 12.1 Å². The molecule has 3 rings (SSSR count). The van der Waals surface area contributed by atoms with Crippen molar-refractivity contribution in [3.63, 3.8) is 0 Å². The van der Waals surface area contributed by atoms with Crippen LogP contribution in [0.1, 0.15) is 6.92 Å². The number of anilines is 1. The molecule has 0 saturated carbocycles. The van der Waals surface area contributed by atoms with Crippen molar-refractivity contribution in [2.45, 2.75) is 6.92 Å². The Morgan fingerprint density at radius 3 is 2.48 bits per heavy atom. The highest BCUT2D eigenvalue weighted by Crippen LogP contribution is 2.15. The van der Waals surface area contributed by atoms with Crippen LogP contribution in [0.2, 0.25) is 0 Å². The van der Waals surface area contributed by atoms with Crippen molar-refractivity contribution in [2.75, 3.05) is 38.1 Å². The maximum Gasteiger partial charge on any atom is 0.409 e. The second-order valence-corrected chi connectivity index (χ2v) is 5.52. The summed E-state index contributed by atoms with van der Waals surface area (Å²) >= 11 is 0. The van der Waals surface area contributed by atoms with Gasteiger partial charge in [-0.25, -0.2) is 9.59 Å². The highest BCUT2D eigenvalue weighted by atomic mass is 16.6. The first-order chi connectivity index (χ1) is 12.2. The molecule has 0 radical (unpaired) electrons. The molecule has 1 aliphatic heterocycles. The molecule has 132 valence electrons. The largest absolute Gasteiger partial charge is 0.450 e. The Kier molecular flexibility index (Phi) is 5.12. The number of urea groups is 1. The standard InChI is InChI=1S/C16H20N6O3/c1-2-25-16(24)21-8-6-20(7-9-21)15(23)19-13-4-3-5-14(10-13)22-11-17-18-12-22/h3-5,10-12H,2,6-9H2,1H3,(H,19,23). The van der Waals surface area contributed by atoms with Gasteiger partial charge in [-0.15, -0.1) is 10.2 Å². The van der Waals surface area contributed by atoms with Gasteiger partial charge in [-0.2, -0.15) is 0 Å². The van der Waals surface area contributed by atoms with Gasteiger partial charge in [-0.3, -0.25) is 4.57 Å². The minimum atomic E-state index is -0.329. The molecule has 2 aromatic rings. The molecular formula is C16H20N6O3. The van der Waals surface area contributed by atoms with Crippen molar-refractivity contribution in [1.29, 1.82) is 0 Å². The van der Waals surface area contributed by atoms with Crippen molar-refractivity contribution >= 4 is 17.8 Å². The SMILES string of the molecule is CCOC(=O)N1CCN(C(=O)Nc2cccc(-n3cnnc3)c2)CC1. The van der Waals surface area contributed by atoms with E-state index in [1.807, 2.05) is 24.3 Å². The van der Waals surface area contributed by atoms with E-state index in [0.29, 0.717) is 38.5 Å². The van der Waals surface area contributed by atoms with Crippen LogP contribution in [0.4, 0.5) is 15.3 Å². The molecular weight excluding hydrogens is 324 g/mol. The van der Waals surface area contributed by atoms with Gasteiger partial charge in [0.2, 0.25) is 0 Å². The van der Waals surface area contributed by atoms with Gasteiger partial charge in [0.25, 0.3) is 0 Å². The van der Waals surface area contributed by atoms with E-state index >= 15 is 0 Å². The van der Waals surface area contributed by atoms with Crippen molar-refractivity contribution < 1.29 is 14.3 Å². The molecule has 0 unspecified atom stereocenters. The van der Waals surface area contributed by atoms with Crippen LogP contribution in [0, 0.1) is 0 Å². The number of carbonyl (C=O) groups is 2. The molecule has 0 atom stereocenters. The van der Waals surface area contributed by atoms with E-state index in [4.69, 9.17) is 4.74 Å². The third kappa shape index (κ3) is 4.06. The van der Waals surface area contributed by atoms with Crippen LogP contribution < -0.4 is 5.32 Å². The molecule has 1 N–H and O–H groups in total. The Hall–Kier alpha value is -3.10. The summed E-state index contributed by atoms with van der Waals surface area (Å²) in [6.07, 6.45) is 2.86. The summed E-state index contributed by atoms with van der Waals surface area (Å²) in [7, 11) is 0. The van der Waals surface area contributed by atoms with Crippen molar-refractivity contribution in [3.05, 3.63) is 36.9 Å². The first-order valence-electron chi connectivity index (χ1n) is 8.10. The van der Waals surface area contributed by atoms with E-state index in [1.54, 1.807) is 33.9 Å². The fourth-order valence-electron chi connectivity index (χ4n) is 2.59. The number of carbonyl (C=O) groups excluding carboxylic acids is 2. The van der Waals surface area contributed by atoms with E-state index in [9.17, 15) is 9.59 Å². The Morgan fingerprint density at radius 1 is 1.12 bits per heavy atom. The quantitative estimate of drug-likeness (QED) is 0.912. The summed E-state index contributed by atoms with van der Waals surface area (Å²) in [5.41, 5.74) is 1.54. The molecule has 0 bridgehead atoms. The van der Waals surface area contributed by atoms with Gasteiger partial charge in [0, 0.05) is 31.9 Å². The van der Waals surface area contributed by atoms with E-state index < -0.39 is 0 Å². The maximum absolute atomic E-state index is 12.4. The van der Waals surface area contributed by atoms with Crippen LogP contribution in [0.5, 0.6) is 0 Å². The molecule has 1 aliphatic rings. The lowest BCUT2D eigenvalue weighted by Gasteiger charge is -2.34. The Balaban J connectivity index is 1.57. The zero-order chi connectivity index (χ0) is 17.6. The number of benzene rings is 1. The smallest absolute Gasteiger partial charge is 0.409 e. The summed E-state index contributed by atoms with van der Waals surface area (Å²) in [6.45, 7) is 3.99. The summed E-state index contributed by atoms with van der Waals surface area (Å²) in [6, 6.07) is 7.22. The predicted octanol–water partition coefficient (Wildman–Crippen LogP) is 1.57. The molecule has 9 nitrogen and oxygen atoms in total. The summed E-state index contributed by atoms with van der Waals surface area (Å²) in [5, 5.41) is 10.4. The lowest BCUT2D eigenvalue weighted by molar-refractivity contribution is 0.0868. The van der Waals surface area contributed by atoms with Crippen LogP contribution in [0.25, 0.3) is 5.69 Å². The Labute approximate surface area is 145 Å². The number of hydrogen-bond acceptors (Lipinski definition) is 5. The Bertz CT molecular complexity index is 725. The number of ether oxygens (including phenoxy) is 1. The minimum Gasteiger partial charge on any atom is -0.450 e. The van der Waals surface area contributed by atoms with Gasteiger partial charge in [-0.05, 0) is 25.1 Å². The summed E-state index contributed by atoms with van der Waals surface area (Å²) < 4.78 is 6.73. The molecule has 1 aromatic heterocycles. The van der Waals surface area contributed by atoms with Crippen LogP contribution >= 0.6 is 0 Å². The third-order valence-corrected chi connectivity index (χ3v) is 3.91. The second-order valence-electron chi connectivity index (χ2n) is 5.52. The van der Waals surface area contributed by atoms with Gasteiger partial charge < -0.3 is 19.9 Å². The average Bonchev–Trinajstić information content (AvgIpc) is 3.17. The molecule has 25 heavy (non-hydrogen) atoms.